The van der Waals surface area contributed by atoms with Gasteiger partial charge in [-0.25, -0.2) is 0 Å². The molecule has 78 valence electrons. The van der Waals surface area contributed by atoms with Gasteiger partial charge < -0.3 is 5.32 Å². The molecule has 0 spiro atoms. The Hall–Kier alpha value is -0.530. The van der Waals surface area contributed by atoms with Crippen LogP contribution in [0.3, 0.4) is 0 Å². The summed E-state index contributed by atoms with van der Waals surface area (Å²) < 4.78 is 0. The Morgan fingerprint density at radius 3 is 2.00 bits per heavy atom. The predicted octanol–water partition coefficient (Wildman–Crippen LogP) is 2.58. The van der Waals surface area contributed by atoms with Crippen LogP contribution < -0.4 is 5.32 Å². The molecule has 1 amide bonds. The van der Waals surface area contributed by atoms with Gasteiger partial charge in [-0.2, -0.15) is 0 Å². The molecule has 0 rings (SSSR count). The Balaban J connectivity index is 3.65. The maximum atomic E-state index is 11.3. The third-order valence-electron chi connectivity index (χ3n) is 1.83. The molecule has 0 aromatic rings. The number of hydrogen-bond donors (Lipinski definition) is 1. The van der Waals surface area contributed by atoms with E-state index in [0.29, 0.717) is 24.3 Å². The first-order chi connectivity index (χ1) is 5.91. The maximum Gasteiger partial charge on any atom is 0.220 e. The Labute approximate surface area is 82.1 Å². The maximum absolute atomic E-state index is 11.3. The van der Waals surface area contributed by atoms with Crippen LogP contribution in [0, 0.1) is 11.8 Å². The second-order valence-electron chi connectivity index (χ2n) is 4.70. The van der Waals surface area contributed by atoms with Gasteiger partial charge in [0.05, 0.1) is 0 Å². The first kappa shape index (κ1) is 12.5. The smallest absolute Gasteiger partial charge is 0.220 e. The molecule has 1 N–H and O–H groups in total. The van der Waals surface area contributed by atoms with Gasteiger partial charge in [0.2, 0.25) is 5.91 Å². The lowest BCUT2D eigenvalue weighted by Crippen LogP contribution is -2.34. The normalized spacial score (nSPS) is 13.5. The number of carbonyl (C=O) groups is 1. The fraction of sp³-hybridized carbons (Fsp3) is 0.909. The summed E-state index contributed by atoms with van der Waals surface area (Å²) in [4.78, 5) is 11.3. The van der Waals surface area contributed by atoms with E-state index in [0.717, 1.165) is 6.42 Å². The predicted molar refractivity (Wildman–Crippen MR) is 56.5 cm³/mol. The van der Waals surface area contributed by atoms with E-state index in [-0.39, 0.29) is 5.91 Å². The largest absolute Gasteiger partial charge is 0.354 e. The van der Waals surface area contributed by atoms with Crippen LogP contribution in [-0.2, 0) is 4.79 Å². The number of carbonyl (C=O) groups excluding carboxylic acids is 1. The van der Waals surface area contributed by atoms with Crippen LogP contribution in [0.25, 0.3) is 0 Å². The molecule has 13 heavy (non-hydrogen) atoms. The van der Waals surface area contributed by atoms with Crippen LogP contribution in [0.15, 0.2) is 0 Å². The van der Waals surface area contributed by atoms with Crippen LogP contribution in [0.2, 0.25) is 0 Å². The summed E-state index contributed by atoms with van der Waals surface area (Å²) in [6.45, 7) is 10.5. The number of rotatable bonds is 5. The lowest BCUT2D eigenvalue weighted by Gasteiger charge is -2.16. The third-order valence-corrected chi connectivity index (χ3v) is 1.83. The SMILES string of the molecule is CC(C)CC(=O)NC(C)CC(C)C. The standard InChI is InChI=1S/C11H23NO/c1-8(2)6-10(5)12-11(13)7-9(3)4/h8-10H,6-7H2,1-5H3,(H,12,13). The topological polar surface area (TPSA) is 29.1 Å². The summed E-state index contributed by atoms with van der Waals surface area (Å²) in [6.07, 6.45) is 1.70. The Morgan fingerprint density at radius 1 is 1.08 bits per heavy atom. The molecule has 0 aliphatic rings. The molecule has 0 aromatic carbocycles. The van der Waals surface area contributed by atoms with Gasteiger partial charge in [-0.05, 0) is 25.2 Å². The van der Waals surface area contributed by atoms with Gasteiger partial charge in [0.1, 0.15) is 0 Å². The second-order valence-corrected chi connectivity index (χ2v) is 4.70. The van der Waals surface area contributed by atoms with Crippen molar-refractivity contribution in [2.24, 2.45) is 11.8 Å². The van der Waals surface area contributed by atoms with Crippen molar-refractivity contribution in [1.29, 1.82) is 0 Å². The zero-order valence-corrected chi connectivity index (χ0v) is 9.55. The first-order valence-electron chi connectivity index (χ1n) is 5.21. The third kappa shape index (κ3) is 7.82. The highest BCUT2D eigenvalue weighted by atomic mass is 16.1. The van der Waals surface area contributed by atoms with Crippen molar-refractivity contribution in [3.05, 3.63) is 0 Å². The van der Waals surface area contributed by atoms with Crippen LogP contribution >= 0.6 is 0 Å². The lowest BCUT2D eigenvalue weighted by atomic mass is 10.0. The Bertz CT molecular complexity index is 152. The van der Waals surface area contributed by atoms with Gasteiger partial charge in [0.15, 0.2) is 0 Å². The van der Waals surface area contributed by atoms with Crippen LogP contribution in [0.4, 0.5) is 0 Å². The van der Waals surface area contributed by atoms with Crippen LogP contribution in [0.1, 0.15) is 47.5 Å². The molecule has 2 heteroatoms. The van der Waals surface area contributed by atoms with E-state index >= 15 is 0 Å². The van der Waals surface area contributed by atoms with E-state index in [9.17, 15) is 4.79 Å². The average Bonchev–Trinajstić information content (AvgIpc) is 1.80. The molecule has 0 aromatic heterocycles. The van der Waals surface area contributed by atoms with Gasteiger partial charge in [-0.15, -0.1) is 0 Å². The zero-order valence-electron chi connectivity index (χ0n) is 9.55. The fourth-order valence-corrected chi connectivity index (χ4v) is 1.47. The summed E-state index contributed by atoms with van der Waals surface area (Å²) >= 11 is 0. The molecule has 0 aliphatic heterocycles. The molecule has 0 radical (unpaired) electrons. The van der Waals surface area contributed by atoms with Crippen molar-refractivity contribution in [2.75, 3.05) is 0 Å². The summed E-state index contributed by atoms with van der Waals surface area (Å²) in [7, 11) is 0. The number of amides is 1. The van der Waals surface area contributed by atoms with Crippen molar-refractivity contribution in [1.82, 2.24) is 5.32 Å². The zero-order chi connectivity index (χ0) is 10.4. The van der Waals surface area contributed by atoms with Crippen molar-refractivity contribution in [3.63, 3.8) is 0 Å². The Kier molecular flexibility index (Phi) is 5.76. The highest BCUT2D eigenvalue weighted by Gasteiger charge is 2.09. The van der Waals surface area contributed by atoms with Crippen molar-refractivity contribution in [3.8, 4) is 0 Å². The summed E-state index contributed by atoms with van der Waals surface area (Å²) in [6, 6.07) is 0.311. The summed E-state index contributed by atoms with van der Waals surface area (Å²) in [5.41, 5.74) is 0. The van der Waals surface area contributed by atoms with Crippen molar-refractivity contribution >= 4 is 5.91 Å². The van der Waals surface area contributed by atoms with Gasteiger partial charge >= 0.3 is 0 Å². The minimum Gasteiger partial charge on any atom is -0.354 e. The van der Waals surface area contributed by atoms with E-state index in [4.69, 9.17) is 0 Å². The molecule has 1 atom stereocenters. The molecule has 0 heterocycles. The van der Waals surface area contributed by atoms with Crippen LogP contribution in [-0.4, -0.2) is 11.9 Å². The molecule has 0 saturated carbocycles. The minimum atomic E-state index is 0.183. The first-order valence-corrected chi connectivity index (χ1v) is 5.21. The monoisotopic (exact) mass is 185 g/mol. The van der Waals surface area contributed by atoms with Gasteiger partial charge in [0, 0.05) is 12.5 Å². The highest BCUT2D eigenvalue weighted by Crippen LogP contribution is 2.05. The van der Waals surface area contributed by atoms with E-state index < -0.39 is 0 Å². The van der Waals surface area contributed by atoms with Gasteiger partial charge in [-0.1, -0.05) is 27.7 Å². The van der Waals surface area contributed by atoms with Gasteiger partial charge in [-0.3, -0.25) is 4.79 Å². The Morgan fingerprint density at radius 2 is 1.62 bits per heavy atom. The number of nitrogens with one attached hydrogen (secondary N) is 1. The molecule has 0 aliphatic carbocycles. The van der Waals surface area contributed by atoms with E-state index in [1.54, 1.807) is 0 Å². The molecule has 2 nitrogen and oxygen atoms in total. The second kappa shape index (κ2) is 6.01. The summed E-state index contributed by atoms with van der Waals surface area (Å²) in [5.74, 6) is 1.28. The molecule has 0 fully saturated rings. The lowest BCUT2D eigenvalue weighted by molar-refractivity contribution is -0.122. The fourth-order valence-electron chi connectivity index (χ4n) is 1.47. The number of hydrogen-bond acceptors (Lipinski definition) is 1. The molecule has 0 saturated heterocycles. The molecular weight excluding hydrogens is 162 g/mol. The molecule has 1 unspecified atom stereocenters. The van der Waals surface area contributed by atoms with Crippen molar-refractivity contribution < 1.29 is 4.79 Å². The van der Waals surface area contributed by atoms with E-state index in [1.807, 2.05) is 0 Å². The minimum absolute atomic E-state index is 0.183. The van der Waals surface area contributed by atoms with E-state index in [1.165, 1.54) is 0 Å². The summed E-state index contributed by atoms with van der Waals surface area (Å²) in [5, 5.41) is 3.00. The van der Waals surface area contributed by atoms with Gasteiger partial charge in [0.25, 0.3) is 0 Å². The molecule has 0 bridgehead atoms. The average molecular weight is 185 g/mol. The quantitative estimate of drug-likeness (QED) is 0.701. The van der Waals surface area contributed by atoms with Crippen molar-refractivity contribution in [2.45, 2.75) is 53.5 Å². The van der Waals surface area contributed by atoms with E-state index in [2.05, 4.69) is 39.9 Å². The van der Waals surface area contributed by atoms with Crippen LogP contribution in [0.5, 0.6) is 0 Å². The highest BCUT2D eigenvalue weighted by molar-refractivity contribution is 5.76. The molecular formula is C11H23NO.